The lowest BCUT2D eigenvalue weighted by Crippen LogP contribution is -2.38. The highest BCUT2D eigenvalue weighted by Gasteiger charge is 2.42. The van der Waals surface area contributed by atoms with Gasteiger partial charge in [0.2, 0.25) is 0 Å². The van der Waals surface area contributed by atoms with E-state index in [9.17, 15) is 4.79 Å². The number of rotatable bonds is 3. The van der Waals surface area contributed by atoms with Crippen molar-refractivity contribution in [1.29, 1.82) is 0 Å². The van der Waals surface area contributed by atoms with Crippen LogP contribution in [0.15, 0.2) is 88.4 Å². The van der Waals surface area contributed by atoms with Gasteiger partial charge in [0.05, 0.1) is 17.7 Å². The standard InChI is InChI=1S/C23H19BrClN3O/c1-23(17-6-3-2-4-7-17)15-28(22(29)26-20-9-5-8-18(24)14-20)27-21(23)16-10-12-19(25)13-11-16/h2-14H,15H2,1H3,(H,26,29). The van der Waals surface area contributed by atoms with Crippen LogP contribution in [0.2, 0.25) is 5.02 Å². The minimum Gasteiger partial charge on any atom is -0.306 e. The highest BCUT2D eigenvalue weighted by Crippen LogP contribution is 2.35. The van der Waals surface area contributed by atoms with Gasteiger partial charge >= 0.3 is 6.03 Å². The Labute approximate surface area is 183 Å². The molecule has 1 aliphatic heterocycles. The van der Waals surface area contributed by atoms with Crippen LogP contribution in [0, 0.1) is 0 Å². The zero-order valence-electron chi connectivity index (χ0n) is 15.8. The second-order valence-corrected chi connectivity index (χ2v) is 8.50. The van der Waals surface area contributed by atoms with E-state index in [1.165, 1.54) is 5.01 Å². The average Bonchev–Trinajstić information content (AvgIpc) is 3.08. The molecule has 1 N–H and O–H groups in total. The summed E-state index contributed by atoms with van der Waals surface area (Å²) in [5, 5.41) is 9.81. The highest BCUT2D eigenvalue weighted by atomic mass is 79.9. The van der Waals surface area contributed by atoms with Crippen molar-refractivity contribution in [3.8, 4) is 0 Å². The normalized spacial score (nSPS) is 18.4. The monoisotopic (exact) mass is 467 g/mol. The van der Waals surface area contributed by atoms with Crippen LogP contribution in [-0.4, -0.2) is 23.3 Å². The van der Waals surface area contributed by atoms with Gasteiger partial charge in [-0.05, 0) is 48.4 Å². The van der Waals surface area contributed by atoms with Gasteiger partial charge in [0, 0.05) is 15.2 Å². The fourth-order valence-corrected chi connectivity index (χ4v) is 4.06. The van der Waals surface area contributed by atoms with E-state index in [0.29, 0.717) is 17.3 Å². The van der Waals surface area contributed by atoms with E-state index in [0.717, 1.165) is 21.3 Å². The van der Waals surface area contributed by atoms with Gasteiger partial charge in [0.25, 0.3) is 0 Å². The maximum absolute atomic E-state index is 12.9. The summed E-state index contributed by atoms with van der Waals surface area (Å²) in [6.07, 6.45) is 0. The molecule has 1 heterocycles. The molecule has 0 radical (unpaired) electrons. The van der Waals surface area contributed by atoms with Crippen molar-refractivity contribution >= 4 is 45.0 Å². The molecule has 1 aliphatic rings. The number of anilines is 1. The molecular formula is C23H19BrClN3O. The predicted molar refractivity (Wildman–Crippen MR) is 122 cm³/mol. The molecule has 4 nitrogen and oxygen atoms in total. The Morgan fingerprint density at radius 2 is 1.79 bits per heavy atom. The Hall–Kier alpha value is -2.63. The van der Waals surface area contributed by atoms with Gasteiger partial charge in [0.1, 0.15) is 0 Å². The summed E-state index contributed by atoms with van der Waals surface area (Å²) in [4.78, 5) is 12.9. The van der Waals surface area contributed by atoms with Crippen LogP contribution in [0.1, 0.15) is 18.1 Å². The Bertz CT molecular complexity index is 1070. The summed E-state index contributed by atoms with van der Waals surface area (Å²) in [5.74, 6) is 0. The van der Waals surface area contributed by atoms with E-state index in [1.54, 1.807) is 0 Å². The molecule has 1 unspecified atom stereocenters. The van der Waals surface area contributed by atoms with Gasteiger partial charge < -0.3 is 5.32 Å². The molecule has 0 saturated carbocycles. The van der Waals surface area contributed by atoms with Crippen LogP contribution in [0.3, 0.4) is 0 Å². The summed E-state index contributed by atoms with van der Waals surface area (Å²) in [5.41, 5.74) is 3.15. The number of halogens is 2. The molecule has 0 aliphatic carbocycles. The molecule has 0 spiro atoms. The average molecular weight is 469 g/mol. The highest BCUT2D eigenvalue weighted by molar-refractivity contribution is 9.10. The molecule has 0 aromatic heterocycles. The topological polar surface area (TPSA) is 44.7 Å². The SMILES string of the molecule is CC1(c2ccccc2)CN(C(=O)Nc2cccc(Br)c2)N=C1c1ccc(Cl)cc1. The van der Waals surface area contributed by atoms with Gasteiger partial charge in [-0.3, -0.25) is 0 Å². The van der Waals surface area contributed by atoms with Crippen LogP contribution in [0.25, 0.3) is 0 Å². The van der Waals surface area contributed by atoms with E-state index >= 15 is 0 Å². The van der Waals surface area contributed by atoms with Gasteiger partial charge in [-0.15, -0.1) is 0 Å². The first-order valence-corrected chi connectivity index (χ1v) is 10.4. The number of hydrogen-bond donors (Lipinski definition) is 1. The van der Waals surface area contributed by atoms with Gasteiger partial charge in [-0.1, -0.05) is 76.1 Å². The van der Waals surface area contributed by atoms with E-state index in [1.807, 2.05) is 66.7 Å². The zero-order chi connectivity index (χ0) is 20.4. The number of hydrazone groups is 1. The number of carbonyl (C=O) groups excluding carboxylic acids is 1. The Morgan fingerprint density at radius 3 is 2.48 bits per heavy atom. The second kappa shape index (κ2) is 8.01. The van der Waals surface area contributed by atoms with Crippen LogP contribution in [-0.2, 0) is 5.41 Å². The number of hydrogen-bond acceptors (Lipinski definition) is 2. The Morgan fingerprint density at radius 1 is 1.07 bits per heavy atom. The molecule has 4 rings (SSSR count). The maximum atomic E-state index is 12.9. The number of urea groups is 1. The fraction of sp³-hybridized carbons (Fsp3) is 0.130. The third-order valence-electron chi connectivity index (χ3n) is 5.05. The first-order chi connectivity index (χ1) is 14.0. The lowest BCUT2D eigenvalue weighted by atomic mass is 9.76. The first kappa shape index (κ1) is 19.7. The molecule has 2 amide bonds. The van der Waals surface area contributed by atoms with E-state index in [2.05, 4.69) is 40.3 Å². The quantitative estimate of drug-likeness (QED) is 0.481. The number of benzene rings is 3. The fourth-order valence-electron chi connectivity index (χ4n) is 3.53. The summed E-state index contributed by atoms with van der Waals surface area (Å²) in [6.45, 7) is 2.55. The molecule has 146 valence electrons. The summed E-state index contributed by atoms with van der Waals surface area (Å²) < 4.78 is 0.899. The molecule has 0 fully saturated rings. The summed E-state index contributed by atoms with van der Waals surface area (Å²) >= 11 is 9.50. The van der Waals surface area contributed by atoms with Crippen LogP contribution in [0.4, 0.5) is 10.5 Å². The van der Waals surface area contributed by atoms with E-state index < -0.39 is 5.41 Å². The predicted octanol–water partition coefficient (Wildman–Crippen LogP) is 6.31. The largest absolute Gasteiger partial charge is 0.342 e. The summed E-state index contributed by atoms with van der Waals surface area (Å²) in [7, 11) is 0. The number of nitrogens with zero attached hydrogens (tertiary/aromatic N) is 2. The van der Waals surface area contributed by atoms with Crippen molar-refractivity contribution in [3.05, 3.63) is 99.5 Å². The molecule has 3 aromatic carbocycles. The van der Waals surface area contributed by atoms with Gasteiger partial charge in [0.15, 0.2) is 0 Å². The van der Waals surface area contributed by atoms with Crippen molar-refractivity contribution in [2.24, 2.45) is 5.10 Å². The number of carbonyl (C=O) groups is 1. The van der Waals surface area contributed by atoms with E-state index in [4.69, 9.17) is 16.7 Å². The molecule has 1 atom stereocenters. The Balaban J connectivity index is 1.69. The van der Waals surface area contributed by atoms with Crippen molar-refractivity contribution in [3.63, 3.8) is 0 Å². The molecule has 6 heteroatoms. The molecule has 3 aromatic rings. The molecule has 0 bridgehead atoms. The third-order valence-corrected chi connectivity index (χ3v) is 5.79. The van der Waals surface area contributed by atoms with Gasteiger partial charge in [-0.25, -0.2) is 9.80 Å². The van der Waals surface area contributed by atoms with Crippen LogP contribution in [0.5, 0.6) is 0 Å². The minimum absolute atomic E-state index is 0.269. The minimum atomic E-state index is -0.441. The summed E-state index contributed by atoms with van der Waals surface area (Å²) in [6, 6.07) is 24.9. The lowest BCUT2D eigenvalue weighted by Gasteiger charge is -2.27. The number of nitrogens with one attached hydrogen (secondary N) is 1. The first-order valence-electron chi connectivity index (χ1n) is 9.20. The van der Waals surface area contributed by atoms with Gasteiger partial charge in [-0.2, -0.15) is 5.10 Å². The van der Waals surface area contributed by atoms with Crippen molar-refractivity contribution < 1.29 is 4.79 Å². The number of amides is 2. The van der Waals surface area contributed by atoms with Crippen molar-refractivity contribution in [2.75, 3.05) is 11.9 Å². The lowest BCUT2D eigenvalue weighted by molar-refractivity contribution is 0.214. The maximum Gasteiger partial charge on any atom is 0.342 e. The second-order valence-electron chi connectivity index (χ2n) is 7.15. The van der Waals surface area contributed by atoms with Crippen molar-refractivity contribution in [2.45, 2.75) is 12.3 Å². The molecule has 29 heavy (non-hydrogen) atoms. The smallest absolute Gasteiger partial charge is 0.306 e. The molecule has 0 saturated heterocycles. The third kappa shape index (κ3) is 4.07. The van der Waals surface area contributed by atoms with Crippen LogP contribution < -0.4 is 5.32 Å². The molecular weight excluding hydrogens is 450 g/mol. The van der Waals surface area contributed by atoms with E-state index in [-0.39, 0.29) is 6.03 Å². The van der Waals surface area contributed by atoms with Crippen LogP contribution >= 0.6 is 27.5 Å². The Kier molecular flexibility index (Phi) is 5.43. The zero-order valence-corrected chi connectivity index (χ0v) is 18.1. The van der Waals surface area contributed by atoms with Crippen molar-refractivity contribution in [1.82, 2.24) is 5.01 Å².